The van der Waals surface area contributed by atoms with Gasteiger partial charge in [0.2, 0.25) is 0 Å². The van der Waals surface area contributed by atoms with E-state index in [-0.39, 0.29) is 5.41 Å². The summed E-state index contributed by atoms with van der Waals surface area (Å²) in [5, 5.41) is 0. The lowest BCUT2D eigenvalue weighted by molar-refractivity contribution is 0.302. The molecule has 2 aliphatic rings. The topological polar surface area (TPSA) is 0 Å². The SMILES string of the molecule is CC1(C)c2ccccc2[C@H]2CC=C(c3ccc(I)cc3)CC21. The van der Waals surface area contributed by atoms with Crippen LogP contribution in [0.4, 0.5) is 0 Å². The minimum absolute atomic E-state index is 0.282. The molecular formula is C21H21I. The van der Waals surface area contributed by atoms with Crippen LogP contribution in [-0.2, 0) is 5.41 Å². The van der Waals surface area contributed by atoms with Crippen LogP contribution < -0.4 is 0 Å². The van der Waals surface area contributed by atoms with Crippen molar-refractivity contribution in [2.75, 3.05) is 0 Å². The number of allylic oxidation sites excluding steroid dienone is 2. The van der Waals surface area contributed by atoms with Gasteiger partial charge >= 0.3 is 0 Å². The molecule has 0 saturated heterocycles. The molecule has 0 N–H and O–H groups in total. The Hall–Kier alpha value is -1.09. The molecule has 112 valence electrons. The maximum absolute atomic E-state index is 2.49. The van der Waals surface area contributed by atoms with Gasteiger partial charge < -0.3 is 0 Å². The predicted molar refractivity (Wildman–Crippen MR) is 102 cm³/mol. The van der Waals surface area contributed by atoms with Gasteiger partial charge in [-0.2, -0.15) is 0 Å². The molecule has 0 spiro atoms. The summed E-state index contributed by atoms with van der Waals surface area (Å²) in [7, 11) is 0. The summed E-state index contributed by atoms with van der Waals surface area (Å²) in [4.78, 5) is 0. The van der Waals surface area contributed by atoms with Crippen molar-refractivity contribution in [2.45, 2.75) is 38.0 Å². The van der Waals surface area contributed by atoms with E-state index in [0.29, 0.717) is 5.92 Å². The summed E-state index contributed by atoms with van der Waals surface area (Å²) in [5.41, 5.74) is 6.39. The molecule has 2 atom stereocenters. The molecule has 0 amide bonds. The monoisotopic (exact) mass is 400 g/mol. The molecule has 1 heteroatoms. The predicted octanol–water partition coefficient (Wildman–Crippen LogP) is 6.16. The first-order valence-corrected chi connectivity index (χ1v) is 9.19. The second kappa shape index (κ2) is 5.23. The highest BCUT2D eigenvalue weighted by Gasteiger charge is 2.46. The Morgan fingerprint density at radius 3 is 2.50 bits per heavy atom. The summed E-state index contributed by atoms with van der Waals surface area (Å²) in [5.74, 6) is 1.43. The average Bonchev–Trinajstić information content (AvgIpc) is 2.77. The second-order valence-electron chi connectivity index (χ2n) is 7.20. The molecule has 0 heterocycles. The van der Waals surface area contributed by atoms with Gasteiger partial charge in [-0.25, -0.2) is 0 Å². The van der Waals surface area contributed by atoms with E-state index in [1.54, 1.807) is 16.7 Å². The third-order valence-electron chi connectivity index (χ3n) is 5.74. The smallest absolute Gasteiger partial charge is 0.0130 e. The van der Waals surface area contributed by atoms with Gasteiger partial charge in [0.05, 0.1) is 0 Å². The fraction of sp³-hybridized carbons (Fsp3) is 0.333. The zero-order valence-electron chi connectivity index (χ0n) is 13.1. The third kappa shape index (κ3) is 2.17. The molecule has 4 rings (SSSR count). The van der Waals surface area contributed by atoms with E-state index in [9.17, 15) is 0 Å². The van der Waals surface area contributed by atoms with Gasteiger partial charge in [-0.15, -0.1) is 0 Å². The largest absolute Gasteiger partial charge is 0.0801 e. The van der Waals surface area contributed by atoms with Gasteiger partial charge in [0.25, 0.3) is 0 Å². The summed E-state index contributed by atoms with van der Waals surface area (Å²) in [6, 6.07) is 18.1. The van der Waals surface area contributed by atoms with Crippen molar-refractivity contribution in [1.29, 1.82) is 0 Å². The number of halogens is 1. The standard InChI is InChI=1S/C21H21I/c1-21(2)19-6-4-3-5-17(19)18-12-9-15(13-20(18)21)14-7-10-16(22)11-8-14/h3-11,18,20H,12-13H2,1-2H3/t18-,20?/m1/s1. The fourth-order valence-corrected chi connectivity index (χ4v) is 4.86. The Balaban J connectivity index is 1.71. The Labute approximate surface area is 146 Å². The van der Waals surface area contributed by atoms with Crippen molar-refractivity contribution in [2.24, 2.45) is 5.92 Å². The molecule has 22 heavy (non-hydrogen) atoms. The van der Waals surface area contributed by atoms with E-state index < -0.39 is 0 Å². The van der Waals surface area contributed by atoms with E-state index in [4.69, 9.17) is 0 Å². The van der Waals surface area contributed by atoms with Crippen molar-refractivity contribution < 1.29 is 0 Å². The normalized spacial score (nSPS) is 25.3. The molecule has 0 radical (unpaired) electrons. The minimum atomic E-state index is 0.282. The summed E-state index contributed by atoms with van der Waals surface area (Å²) in [6.07, 6.45) is 4.88. The van der Waals surface area contributed by atoms with E-state index >= 15 is 0 Å². The summed E-state index contributed by atoms with van der Waals surface area (Å²) >= 11 is 2.38. The maximum Gasteiger partial charge on any atom is 0.0130 e. The van der Waals surface area contributed by atoms with Crippen LogP contribution >= 0.6 is 22.6 Å². The number of rotatable bonds is 1. The van der Waals surface area contributed by atoms with E-state index in [2.05, 4.69) is 91.0 Å². The van der Waals surface area contributed by atoms with E-state index in [1.807, 2.05) is 0 Å². The van der Waals surface area contributed by atoms with Crippen molar-refractivity contribution in [3.8, 4) is 0 Å². The van der Waals surface area contributed by atoms with Crippen LogP contribution in [0.3, 0.4) is 0 Å². The van der Waals surface area contributed by atoms with Crippen LogP contribution in [0.2, 0.25) is 0 Å². The Morgan fingerprint density at radius 2 is 1.73 bits per heavy atom. The second-order valence-corrected chi connectivity index (χ2v) is 8.44. The van der Waals surface area contributed by atoms with Gasteiger partial charge in [-0.3, -0.25) is 0 Å². The molecule has 2 aliphatic carbocycles. The zero-order valence-corrected chi connectivity index (χ0v) is 15.3. The Morgan fingerprint density at radius 1 is 1.00 bits per heavy atom. The molecule has 0 nitrogen and oxygen atoms in total. The van der Waals surface area contributed by atoms with Gasteiger partial charge in [-0.1, -0.05) is 56.3 Å². The number of fused-ring (bicyclic) bond motifs is 3. The van der Waals surface area contributed by atoms with Crippen LogP contribution in [0.5, 0.6) is 0 Å². The molecule has 0 aliphatic heterocycles. The molecule has 0 bridgehead atoms. The first kappa shape index (κ1) is 14.5. The lowest BCUT2D eigenvalue weighted by Crippen LogP contribution is -2.27. The molecule has 0 fully saturated rings. The quantitative estimate of drug-likeness (QED) is 0.503. The van der Waals surface area contributed by atoms with Gasteiger partial charge in [0.1, 0.15) is 0 Å². The lowest BCUT2D eigenvalue weighted by Gasteiger charge is -2.35. The zero-order chi connectivity index (χ0) is 15.3. The van der Waals surface area contributed by atoms with Gasteiger partial charge in [0, 0.05) is 3.57 Å². The maximum atomic E-state index is 2.49. The van der Waals surface area contributed by atoms with Crippen LogP contribution in [-0.4, -0.2) is 0 Å². The summed E-state index contributed by atoms with van der Waals surface area (Å²) < 4.78 is 1.31. The number of hydrogen-bond acceptors (Lipinski definition) is 0. The molecule has 0 aromatic heterocycles. The third-order valence-corrected chi connectivity index (χ3v) is 6.46. The van der Waals surface area contributed by atoms with Crippen molar-refractivity contribution >= 4 is 28.2 Å². The molecular weight excluding hydrogens is 379 g/mol. The first-order chi connectivity index (χ1) is 10.6. The minimum Gasteiger partial charge on any atom is -0.0801 e. The molecule has 2 aromatic carbocycles. The average molecular weight is 400 g/mol. The first-order valence-electron chi connectivity index (χ1n) is 8.12. The molecule has 2 aromatic rings. The van der Waals surface area contributed by atoms with Gasteiger partial charge in [-0.05, 0) is 87.1 Å². The highest BCUT2D eigenvalue weighted by Crippen LogP contribution is 2.56. The number of benzene rings is 2. The Bertz CT molecular complexity index is 737. The molecule has 1 unspecified atom stereocenters. The fourth-order valence-electron chi connectivity index (χ4n) is 4.50. The molecule has 0 saturated carbocycles. The Kier molecular flexibility index (Phi) is 3.44. The van der Waals surface area contributed by atoms with Crippen molar-refractivity contribution in [1.82, 2.24) is 0 Å². The van der Waals surface area contributed by atoms with Gasteiger partial charge in [0.15, 0.2) is 0 Å². The van der Waals surface area contributed by atoms with Crippen LogP contribution in [0, 0.1) is 9.49 Å². The number of hydrogen-bond donors (Lipinski definition) is 0. The highest BCUT2D eigenvalue weighted by atomic mass is 127. The van der Waals surface area contributed by atoms with E-state index in [0.717, 1.165) is 5.92 Å². The highest BCUT2D eigenvalue weighted by molar-refractivity contribution is 14.1. The van der Waals surface area contributed by atoms with Crippen LogP contribution in [0.15, 0.2) is 54.6 Å². The van der Waals surface area contributed by atoms with Crippen LogP contribution in [0.25, 0.3) is 5.57 Å². The lowest BCUT2D eigenvalue weighted by atomic mass is 9.69. The van der Waals surface area contributed by atoms with E-state index in [1.165, 1.54) is 22.0 Å². The van der Waals surface area contributed by atoms with Crippen molar-refractivity contribution in [3.05, 3.63) is 74.9 Å². The van der Waals surface area contributed by atoms with Crippen LogP contribution in [0.1, 0.15) is 49.3 Å². The van der Waals surface area contributed by atoms with Crippen molar-refractivity contribution in [3.63, 3.8) is 0 Å². The summed E-state index contributed by atoms with van der Waals surface area (Å²) in [6.45, 7) is 4.88.